The highest BCUT2D eigenvalue weighted by Crippen LogP contribution is 2.47. The lowest BCUT2D eigenvalue weighted by molar-refractivity contribution is -0.137. The Balaban J connectivity index is 1.39. The molecule has 0 aliphatic heterocycles. The predicted molar refractivity (Wildman–Crippen MR) is 147 cm³/mol. The molecule has 2 saturated carbocycles. The maximum absolute atomic E-state index is 13.2. The van der Waals surface area contributed by atoms with E-state index >= 15 is 0 Å². The second-order valence-electron chi connectivity index (χ2n) is 11.1. The summed E-state index contributed by atoms with van der Waals surface area (Å²) in [6, 6.07) is 31.2. The molecule has 1 unspecified atom stereocenters. The molecule has 1 N–H and O–H groups in total. The highest BCUT2D eigenvalue weighted by molar-refractivity contribution is 5.82. The lowest BCUT2D eigenvalue weighted by Gasteiger charge is -2.27. The second kappa shape index (κ2) is 10.4. The summed E-state index contributed by atoms with van der Waals surface area (Å²) in [5.41, 5.74) is 4.18. The number of ether oxygens (including phenoxy) is 1. The van der Waals surface area contributed by atoms with Gasteiger partial charge in [-0.05, 0) is 65.8 Å². The van der Waals surface area contributed by atoms with Crippen molar-refractivity contribution in [1.82, 2.24) is 5.32 Å². The van der Waals surface area contributed by atoms with Crippen molar-refractivity contribution >= 4 is 5.91 Å². The Morgan fingerprint density at radius 2 is 1.42 bits per heavy atom. The predicted octanol–water partition coefficient (Wildman–Crippen LogP) is 6.60. The van der Waals surface area contributed by atoms with Crippen LogP contribution in [0, 0.1) is 28.6 Å². The van der Waals surface area contributed by atoms with Crippen LogP contribution in [0.5, 0.6) is 0 Å². The number of hydrogen-bond donors (Lipinski definition) is 1. The molecule has 2 atom stereocenters. The van der Waals surface area contributed by atoms with E-state index in [1.807, 2.05) is 30.3 Å². The molecule has 0 aromatic heterocycles. The van der Waals surface area contributed by atoms with Crippen LogP contribution in [-0.4, -0.2) is 17.6 Å². The van der Waals surface area contributed by atoms with E-state index in [-0.39, 0.29) is 17.2 Å². The quantitative estimate of drug-likeness (QED) is 0.338. The van der Waals surface area contributed by atoms with Gasteiger partial charge in [-0.3, -0.25) is 4.79 Å². The van der Waals surface area contributed by atoms with E-state index in [2.05, 4.69) is 79.8 Å². The SMILES string of the molecule is CC(C)C[C@H](OC(c1ccccc1)c1ccc(-c2ccc(C3(C#N)CC3)cc2)cc1)C(=O)NC1(C#N)CC1. The van der Waals surface area contributed by atoms with Gasteiger partial charge in [0, 0.05) is 0 Å². The minimum atomic E-state index is -0.735. The third-order valence-corrected chi connectivity index (χ3v) is 7.66. The summed E-state index contributed by atoms with van der Waals surface area (Å²) >= 11 is 0. The average Bonchev–Trinajstić information content (AvgIpc) is 3.88. The minimum Gasteiger partial charge on any atom is -0.356 e. The van der Waals surface area contributed by atoms with Crippen LogP contribution in [-0.2, 0) is 14.9 Å². The number of nitrogens with one attached hydrogen (secondary N) is 1. The van der Waals surface area contributed by atoms with Crippen molar-refractivity contribution in [3.8, 4) is 23.3 Å². The van der Waals surface area contributed by atoms with Crippen molar-refractivity contribution in [3.05, 3.63) is 95.6 Å². The van der Waals surface area contributed by atoms with Crippen molar-refractivity contribution in [2.45, 2.75) is 69.1 Å². The van der Waals surface area contributed by atoms with E-state index < -0.39 is 17.7 Å². The van der Waals surface area contributed by atoms with E-state index in [1.165, 1.54) is 0 Å². The van der Waals surface area contributed by atoms with Crippen LogP contribution in [0.2, 0.25) is 0 Å². The first-order valence-electron chi connectivity index (χ1n) is 13.4. The van der Waals surface area contributed by atoms with Crippen molar-refractivity contribution in [3.63, 3.8) is 0 Å². The van der Waals surface area contributed by atoms with Crippen LogP contribution in [0.4, 0.5) is 0 Å². The number of rotatable bonds is 10. The maximum Gasteiger partial charge on any atom is 0.250 e. The van der Waals surface area contributed by atoms with Crippen LogP contribution in [0.25, 0.3) is 11.1 Å². The van der Waals surface area contributed by atoms with E-state index in [0.29, 0.717) is 19.3 Å². The number of benzene rings is 3. The Morgan fingerprint density at radius 1 is 0.842 bits per heavy atom. The van der Waals surface area contributed by atoms with Gasteiger partial charge in [0.05, 0.1) is 17.6 Å². The van der Waals surface area contributed by atoms with Gasteiger partial charge in [-0.1, -0.05) is 92.7 Å². The van der Waals surface area contributed by atoms with Gasteiger partial charge in [-0.15, -0.1) is 0 Å². The molecule has 3 aromatic rings. The number of carbonyl (C=O) groups excluding carboxylic acids is 1. The molecule has 3 aromatic carbocycles. The maximum atomic E-state index is 13.2. The average molecular weight is 504 g/mol. The number of nitrogens with zero attached hydrogens (tertiary/aromatic N) is 2. The van der Waals surface area contributed by atoms with Crippen LogP contribution in [0.15, 0.2) is 78.9 Å². The fraction of sp³-hybridized carbons (Fsp3) is 0.364. The molecule has 5 heteroatoms. The van der Waals surface area contributed by atoms with Crippen LogP contribution >= 0.6 is 0 Å². The Hall–Kier alpha value is -3.93. The van der Waals surface area contributed by atoms with Gasteiger partial charge in [0.2, 0.25) is 5.91 Å². The smallest absolute Gasteiger partial charge is 0.250 e. The molecule has 5 nitrogen and oxygen atoms in total. The monoisotopic (exact) mass is 503 g/mol. The van der Waals surface area contributed by atoms with Crippen molar-refractivity contribution in [1.29, 1.82) is 10.5 Å². The van der Waals surface area contributed by atoms with Crippen molar-refractivity contribution in [2.75, 3.05) is 0 Å². The molecule has 1 amide bonds. The van der Waals surface area contributed by atoms with Gasteiger partial charge in [0.1, 0.15) is 17.7 Å². The Bertz CT molecular complexity index is 1360. The first kappa shape index (κ1) is 25.7. The summed E-state index contributed by atoms with van der Waals surface area (Å²) < 4.78 is 6.58. The molecular weight excluding hydrogens is 470 g/mol. The summed E-state index contributed by atoms with van der Waals surface area (Å²) in [5.74, 6) is 0.0294. The number of nitriles is 2. The van der Waals surface area contributed by atoms with Gasteiger partial charge in [0.15, 0.2) is 0 Å². The molecule has 2 fully saturated rings. The molecule has 0 bridgehead atoms. The third kappa shape index (κ3) is 5.49. The van der Waals surface area contributed by atoms with E-state index in [9.17, 15) is 15.3 Å². The molecule has 2 aliphatic rings. The van der Waals surface area contributed by atoms with Crippen LogP contribution < -0.4 is 5.32 Å². The normalized spacial score (nSPS) is 18.0. The summed E-state index contributed by atoms with van der Waals surface area (Å²) in [6.07, 6.45) is 2.71. The Kier molecular flexibility index (Phi) is 7.06. The Labute approximate surface area is 225 Å². The van der Waals surface area contributed by atoms with Gasteiger partial charge in [0.25, 0.3) is 0 Å². The highest BCUT2D eigenvalue weighted by Gasteiger charge is 2.46. The molecule has 0 spiro atoms. The van der Waals surface area contributed by atoms with Crippen molar-refractivity contribution < 1.29 is 9.53 Å². The molecule has 0 saturated heterocycles. The van der Waals surface area contributed by atoms with Gasteiger partial charge in [-0.25, -0.2) is 0 Å². The number of amides is 1. The fourth-order valence-corrected chi connectivity index (χ4v) is 4.92. The molecule has 5 rings (SSSR count). The second-order valence-corrected chi connectivity index (χ2v) is 11.1. The zero-order chi connectivity index (χ0) is 26.8. The first-order chi connectivity index (χ1) is 18.4. The summed E-state index contributed by atoms with van der Waals surface area (Å²) in [5, 5.41) is 21.9. The van der Waals surface area contributed by atoms with Gasteiger partial charge < -0.3 is 10.1 Å². The largest absolute Gasteiger partial charge is 0.356 e. The van der Waals surface area contributed by atoms with Gasteiger partial charge >= 0.3 is 0 Å². The number of carbonyl (C=O) groups is 1. The zero-order valence-electron chi connectivity index (χ0n) is 22.0. The minimum absolute atomic E-state index is 0.221. The highest BCUT2D eigenvalue weighted by atomic mass is 16.5. The summed E-state index contributed by atoms with van der Waals surface area (Å²) in [6.45, 7) is 4.14. The standard InChI is InChI=1S/C33H33N3O2/c1-23(2)20-29(31(37)36-33(22-35)18-19-33)38-30(26-6-4-3-5-7-26)27-10-8-24(9-11-27)25-12-14-28(15-13-25)32(21-34)16-17-32/h3-15,23,29-30H,16-20H2,1-2H3,(H,36,37)/t29-,30?/m0/s1. The van der Waals surface area contributed by atoms with E-state index in [4.69, 9.17) is 4.74 Å². The third-order valence-electron chi connectivity index (χ3n) is 7.66. The van der Waals surface area contributed by atoms with E-state index in [1.54, 1.807) is 0 Å². The molecular formula is C33H33N3O2. The summed E-state index contributed by atoms with van der Waals surface area (Å²) in [7, 11) is 0. The molecule has 0 radical (unpaired) electrons. The summed E-state index contributed by atoms with van der Waals surface area (Å²) in [4.78, 5) is 13.2. The Morgan fingerprint density at radius 3 is 1.92 bits per heavy atom. The topological polar surface area (TPSA) is 85.9 Å². The van der Waals surface area contributed by atoms with Crippen LogP contribution in [0.1, 0.15) is 68.7 Å². The lowest BCUT2D eigenvalue weighted by Crippen LogP contribution is -2.44. The molecule has 38 heavy (non-hydrogen) atoms. The lowest BCUT2D eigenvalue weighted by atomic mass is 9.94. The van der Waals surface area contributed by atoms with Crippen LogP contribution in [0.3, 0.4) is 0 Å². The van der Waals surface area contributed by atoms with Crippen molar-refractivity contribution in [2.24, 2.45) is 5.92 Å². The number of hydrogen-bond acceptors (Lipinski definition) is 4. The van der Waals surface area contributed by atoms with Gasteiger partial charge in [-0.2, -0.15) is 10.5 Å². The first-order valence-corrected chi connectivity index (χ1v) is 13.4. The molecule has 192 valence electrons. The molecule has 0 heterocycles. The fourth-order valence-electron chi connectivity index (χ4n) is 4.92. The molecule has 2 aliphatic carbocycles. The zero-order valence-corrected chi connectivity index (χ0v) is 22.0. The van der Waals surface area contributed by atoms with E-state index in [0.717, 1.165) is 40.7 Å².